The van der Waals surface area contributed by atoms with Gasteiger partial charge in [-0.1, -0.05) is 25.1 Å². The predicted molar refractivity (Wildman–Crippen MR) is 106 cm³/mol. The number of pyridine rings is 1. The van der Waals surface area contributed by atoms with E-state index in [9.17, 15) is 4.79 Å². The average Bonchev–Trinajstić information content (AvgIpc) is 2.68. The highest BCUT2D eigenvalue weighted by atomic mass is 16.1. The zero-order valence-electron chi connectivity index (χ0n) is 15.5. The Bertz CT molecular complexity index is 740. The number of likely N-dealkylation sites (N-methyl/N-ethyl adjacent to an activating group) is 1. The number of nitrogens with zero attached hydrogens (tertiary/aromatic N) is 3. The summed E-state index contributed by atoms with van der Waals surface area (Å²) in [5.74, 6) is 0.762. The number of rotatable bonds is 6. The van der Waals surface area contributed by atoms with Crippen LogP contribution in [0.3, 0.4) is 0 Å². The highest BCUT2D eigenvalue weighted by Crippen LogP contribution is 2.18. The Labute approximate surface area is 155 Å². The Balaban J connectivity index is 1.72. The highest BCUT2D eigenvalue weighted by molar-refractivity contribution is 6.05. The van der Waals surface area contributed by atoms with Crippen molar-refractivity contribution in [1.29, 1.82) is 0 Å². The quantitative estimate of drug-likeness (QED) is 0.834. The van der Waals surface area contributed by atoms with E-state index in [2.05, 4.69) is 39.4 Å². The molecule has 138 valence electrons. The summed E-state index contributed by atoms with van der Waals surface area (Å²) in [7, 11) is 2.12. The summed E-state index contributed by atoms with van der Waals surface area (Å²) in [6, 6.07) is 11.5. The molecule has 6 heteroatoms. The van der Waals surface area contributed by atoms with E-state index in [1.807, 2.05) is 30.3 Å². The normalized spacial score (nSPS) is 15.1. The van der Waals surface area contributed by atoms with Crippen LogP contribution in [0.25, 0.3) is 0 Å². The summed E-state index contributed by atoms with van der Waals surface area (Å²) in [5, 5.41) is 6.34. The molecule has 0 atom stereocenters. The van der Waals surface area contributed by atoms with E-state index in [-0.39, 0.29) is 5.91 Å². The molecule has 3 rings (SSSR count). The van der Waals surface area contributed by atoms with E-state index in [0.717, 1.165) is 56.3 Å². The minimum Gasteiger partial charge on any atom is -0.354 e. The van der Waals surface area contributed by atoms with Crippen molar-refractivity contribution in [3.05, 3.63) is 53.7 Å². The molecule has 1 fully saturated rings. The Morgan fingerprint density at radius 2 is 1.92 bits per heavy atom. The number of carbonyl (C=O) groups is 1. The van der Waals surface area contributed by atoms with Crippen molar-refractivity contribution in [2.24, 2.45) is 0 Å². The van der Waals surface area contributed by atoms with Gasteiger partial charge in [0, 0.05) is 50.2 Å². The van der Waals surface area contributed by atoms with Gasteiger partial charge < -0.3 is 20.4 Å². The molecule has 0 radical (unpaired) electrons. The number of hydrogen-bond acceptors (Lipinski definition) is 5. The van der Waals surface area contributed by atoms with Gasteiger partial charge in [0.15, 0.2) is 0 Å². The number of hydrogen-bond donors (Lipinski definition) is 2. The van der Waals surface area contributed by atoms with Crippen molar-refractivity contribution in [3.8, 4) is 0 Å². The highest BCUT2D eigenvalue weighted by Gasteiger charge is 2.17. The van der Waals surface area contributed by atoms with E-state index in [0.29, 0.717) is 5.56 Å². The van der Waals surface area contributed by atoms with Crippen LogP contribution in [-0.2, 0) is 6.54 Å². The fraction of sp³-hybridized carbons (Fsp3) is 0.400. The summed E-state index contributed by atoms with van der Waals surface area (Å²) in [6.07, 6.45) is 1.72. The van der Waals surface area contributed by atoms with Gasteiger partial charge in [-0.15, -0.1) is 0 Å². The molecule has 2 heterocycles. The number of benzene rings is 1. The first-order valence-corrected chi connectivity index (χ1v) is 9.17. The molecular weight excluding hydrogens is 326 g/mol. The molecule has 0 bridgehead atoms. The molecule has 1 saturated heterocycles. The van der Waals surface area contributed by atoms with E-state index in [1.165, 1.54) is 0 Å². The number of amides is 1. The second kappa shape index (κ2) is 8.78. The molecule has 1 aromatic carbocycles. The molecule has 1 aromatic heterocycles. The van der Waals surface area contributed by atoms with Crippen LogP contribution in [0.4, 0.5) is 11.5 Å². The smallest absolute Gasteiger partial charge is 0.255 e. The van der Waals surface area contributed by atoms with Crippen LogP contribution in [0.1, 0.15) is 22.8 Å². The van der Waals surface area contributed by atoms with Crippen molar-refractivity contribution in [2.45, 2.75) is 13.5 Å². The molecule has 1 aliphatic heterocycles. The van der Waals surface area contributed by atoms with Gasteiger partial charge in [-0.3, -0.25) is 4.79 Å². The number of carbonyl (C=O) groups excluding carboxylic acids is 1. The summed E-state index contributed by atoms with van der Waals surface area (Å²) in [6.45, 7) is 7.57. The maximum absolute atomic E-state index is 12.7. The molecule has 0 unspecified atom stereocenters. The predicted octanol–water partition coefficient (Wildman–Crippen LogP) is 2.20. The number of anilines is 2. The lowest BCUT2D eigenvalue weighted by atomic mass is 10.1. The minimum atomic E-state index is -0.105. The summed E-state index contributed by atoms with van der Waals surface area (Å²) < 4.78 is 0. The van der Waals surface area contributed by atoms with Crippen LogP contribution in [0, 0.1) is 0 Å². The Kier molecular flexibility index (Phi) is 6.20. The topological polar surface area (TPSA) is 60.5 Å². The second-order valence-corrected chi connectivity index (χ2v) is 6.58. The van der Waals surface area contributed by atoms with Crippen molar-refractivity contribution < 1.29 is 4.79 Å². The largest absolute Gasteiger partial charge is 0.354 e. The summed E-state index contributed by atoms with van der Waals surface area (Å²) >= 11 is 0. The fourth-order valence-corrected chi connectivity index (χ4v) is 3.02. The molecule has 0 spiro atoms. The number of nitrogens with one attached hydrogen (secondary N) is 2. The van der Waals surface area contributed by atoms with Crippen LogP contribution in [0.15, 0.2) is 42.6 Å². The van der Waals surface area contributed by atoms with Gasteiger partial charge in [0.2, 0.25) is 0 Å². The third-order valence-electron chi connectivity index (χ3n) is 4.67. The maximum atomic E-state index is 12.7. The van der Waals surface area contributed by atoms with Gasteiger partial charge in [0.1, 0.15) is 5.82 Å². The molecular formula is C20H27N5O. The van der Waals surface area contributed by atoms with Crippen LogP contribution >= 0.6 is 0 Å². The van der Waals surface area contributed by atoms with Gasteiger partial charge in [-0.05, 0) is 37.4 Å². The van der Waals surface area contributed by atoms with Crippen molar-refractivity contribution in [2.75, 3.05) is 50.0 Å². The first kappa shape index (κ1) is 18.4. The van der Waals surface area contributed by atoms with Crippen LogP contribution < -0.4 is 15.5 Å². The van der Waals surface area contributed by atoms with E-state index in [4.69, 9.17) is 0 Å². The zero-order chi connectivity index (χ0) is 18.4. The third-order valence-corrected chi connectivity index (χ3v) is 4.67. The SMILES string of the molecule is CCNCc1ccccc1NC(=O)c1ccnc(N2CCN(C)CC2)c1. The van der Waals surface area contributed by atoms with Gasteiger partial charge in [-0.25, -0.2) is 4.98 Å². The number of piperazine rings is 1. The lowest BCUT2D eigenvalue weighted by Crippen LogP contribution is -2.44. The third kappa shape index (κ3) is 4.59. The van der Waals surface area contributed by atoms with Crippen molar-refractivity contribution >= 4 is 17.4 Å². The van der Waals surface area contributed by atoms with E-state index < -0.39 is 0 Å². The first-order chi connectivity index (χ1) is 12.7. The van der Waals surface area contributed by atoms with Gasteiger partial charge in [0.25, 0.3) is 5.91 Å². The van der Waals surface area contributed by atoms with Gasteiger partial charge >= 0.3 is 0 Å². The maximum Gasteiger partial charge on any atom is 0.255 e. The monoisotopic (exact) mass is 353 g/mol. The van der Waals surface area contributed by atoms with Crippen molar-refractivity contribution in [3.63, 3.8) is 0 Å². The Morgan fingerprint density at radius 3 is 2.69 bits per heavy atom. The lowest BCUT2D eigenvalue weighted by molar-refractivity contribution is 0.102. The Hall–Kier alpha value is -2.44. The van der Waals surface area contributed by atoms with Crippen LogP contribution in [0.2, 0.25) is 0 Å². The first-order valence-electron chi connectivity index (χ1n) is 9.17. The number of aromatic nitrogens is 1. The molecule has 2 aromatic rings. The molecule has 1 amide bonds. The van der Waals surface area contributed by atoms with Crippen molar-refractivity contribution in [1.82, 2.24) is 15.2 Å². The fourth-order valence-electron chi connectivity index (χ4n) is 3.02. The van der Waals surface area contributed by atoms with Gasteiger partial charge in [-0.2, -0.15) is 0 Å². The van der Waals surface area contributed by atoms with E-state index >= 15 is 0 Å². The van der Waals surface area contributed by atoms with E-state index in [1.54, 1.807) is 12.3 Å². The molecule has 0 saturated carbocycles. The molecule has 26 heavy (non-hydrogen) atoms. The molecule has 2 N–H and O–H groups in total. The summed E-state index contributed by atoms with van der Waals surface area (Å²) in [5.41, 5.74) is 2.56. The second-order valence-electron chi connectivity index (χ2n) is 6.58. The summed E-state index contributed by atoms with van der Waals surface area (Å²) in [4.78, 5) is 21.7. The molecule has 0 aliphatic carbocycles. The van der Waals surface area contributed by atoms with Crippen LogP contribution in [0.5, 0.6) is 0 Å². The number of para-hydroxylation sites is 1. The minimum absolute atomic E-state index is 0.105. The average molecular weight is 353 g/mol. The zero-order valence-corrected chi connectivity index (χ0v) is 15.5. The lowest BCUT2D eigenvalue weighted by Gasteiger charge is -2.33. The Morgan fingerprint density at radius 1 is 1.15 bits per heavy atom. The van der Waals surface area contributed by atoms with Gasteiger partial charge in [0.05, 0.1) is 0 Å². The molecule has 6 nitrogen and oxygen atoms in total. The standard InChI is InChI=1S/C20H27N5O/c1-3-21-15-17-6-4-5-7-18(17)23-20(26)16-8-9-22-19(14-16)25-12-10-24(2)11-13-25/h4-9,14,21H,3,10-13,15H2,1-2H3,(H,23,26). The molecule has 1 aliphatic rings. The van der Waals surface area contributed by atoms with Crippen LogP contribution in [-0.4, -0.2) is 55.6 Å².